The predicted octanol–water partition coefficient (Wildman–Crippen LogP) is 2.16. The van der Waals surface area contributed by atoms with E-state index in [2.05, 4.69) is 4.74 Å². The van der Waals surface area contributed by atoms with Crippen LogP contribution in [0, 0.1) is 12.7 Å². The molecule has 0 fully saturated rings. The molecular formula is C9H9ClFNO2. The van der Waals surface area contributed by atoms with Gasteiger partial charge in [-0.25, -0.2) is 9.18 Å². The van der Waals surface area contributed by atoms with Crippen molar-refractivity contribution in [2.24, 2.45) is 0 Å². The molecule has 0 heterocycles. The van der Waals surface area contributed by atoms with Crippen LogP contribution in [-0.4, -0.2) is 13.1 Å². The van der Waals surface area contributed by atoms with Gasteiger partial charge in [-0.1, -0.05) is 11.6 Å². The Labute approximate surface area is 85.6 Å². The molecule has 0 aliphatic rings. The monoisotopic (exact) mass is 217 g/mol. The van der Waals surface area contributed by atoms with Gasteiger partial charge in [0, 0.05) is 5.69 Å². The topological polar surface area (TPSA) is 52.3 Å². The molecule has 1 aromatic rings. The largest absolute Gasteiger partial charge is 0.465 e. The Morgan fingerprint density at radius 3 is 2.71 bits per heavy atom. The summed E-state index contributed by atoms with van der Waals surface area (Å²) in [6, 6.07) is 1.26. The fourth-order valence-corrected chi connectivity index (χ4v) is 1.29. The van der Waals surface area contributed by atoms with E-state index in [1.54, 1.807) is 0 Å². The van der Waals surface area contributed by atoms with Crippen molar-refractivity contribution >= 4 is 23.3 Å². The van der Waals surface area contributed by atoms with Gasteiger partial charge in [-0.05, 0) is 18.6 Å². The Bertz CT molecular complexity index is 367. The Kier molecular flexibility index (Phi) is 2.96. The van der Waals surface area contributed by atoms with Gasteiger partial charge in [0.25, 0.3) is 0 Å². The van der Waals surface area contributed by atoms with E-state index in [0.717, 1.165) is 7.11 Å². The third-order valence-corrected chi connectivity index (χ3v) is 2.18. The minimum Gasteiger partial charge on any atom is -0.465 e. The molecular weight excluding hydrogens is 209 g/mol. The molecule has 0 saturated carbocycles. The summed E-state index contributed by atoms with van der Waals surface area (Å²) in [4.78, 5) is 11.2. The van der Waals surface area contributed by atoms with Crippen LogP contribution in [0.1, 0.15) is 15.9 Å². The van der Waals surface area contributed by atoms with Crippen LogP contribution in [0.5, 0.6) is 0 Å². The van der Waals surface area contributed by atoms with Crippen molar-refractivity contribution in [3.05, 3.63) is 28.0 Å². The molecule has 14 heavy (non-hydrogen) atoms. The number of nitrogens with two attached hydrogens (primary N) is 1. The standard InChI is InChI=1S/C9H9ClFNO2/c1-4-6(12)3-5(10)8(11)7(4)9(13)14-2/h3H,12H2,1-2H3. The highest BCUT2D eigenvalue weighted by molar-refractivity contribution is 6.31. The van der Waals surface area contributed by atoms with Gasteiger partial charge < -0.3 is 10.5 Å². The first-order valence-electron chi connectivity index (χ1n) is 3.81. The van der Waals surface area contributed by atoms with Gasteiger partial charge >= 0.3 is 5.97 Å². The van der Waals surface area contributed by atoms with Crippen LogP contribution in [0.25, 0.3) is 0 Å². The number of hydrogen-bond donors (Lipinski definition) is 1. The van der Waals surface area contributed by atoms with Crippen LogP contribution in [0.15, 0.2) is 6.07 Å². The maximum absolute atomic E-state index is 13.4. The quantitative estimate of drug-likeness (QED) is 0.579. The van der Waals surface area contributed by atoms with Crippen LogP contribution in [-0.2, 0) is 4.74 Å². The van der Waals surface area contributed by atoms with E-state index >= 15 is 0 Å². The van der Waals surface area contributed by atoms with Crippen LogP contribution >= 0.6 is 11.6 Å². The number of ether oxygens (including phenoxy) is 1. The average Bonchev–Trinajstić information content (AvgIpc) is 2.15. The summed E-state index contributed by atoms with van der Waals surface area (Å²) >= 11 is 5.53. The van der Waals surface area contributed by atoms with E-state index in [4.69, 9.17) is 17.3 Å². The van der Waals surface area contributed by atoms with E-state index < -0.39 is 11.8 Å². The van der Waals surface area contributed by atoms with Crippen molar-refractivity contribution in [1.29, 1.82) is 0 Å². The number of methoxy groups -OCH3 is 1. The molecule has 0 radical (unpaired) electrons. The molecule has 3 nitrogen and oxygen atoms in total. The number of rotatable bonds is 1. The van der Waals surface area contributed by atoms with Gasteiger partial charge in [0.1, 0.15) is 5.56 Å². The molecule has 0 amide bonds. The number of benzene rings is 1. The summed E-state index contributed by atoms with van der Waals surface area (Å²) in [5.41, 5.74) is 5.91. The van der Waals surface area contributed by atoms with Gasteiger partial charge in [0.2, 0.25) is 0 Å². The van der Waals surface area contributed by atoms with Crippen molar-refractivity contribution < 1.29 is 13.9 Å². The number of nitrogen functional groups attached to an aromatic ring is 1. The van der Waals surface area contributed by atoms with Crippen molar-refractivity contribution in [3.8, 4) is 0 Å². The van der Waals surface area contributed by atoms with Crippen LogP contribution in [0.4, 0.5) is 10.1 Å². The molecule has 0 aromatic heterocycles. The fraction of sp³-hybridized carbons (Fsp3) is 0.222. The highest BCUT2D eigenvalue weighted by atomic mass is 35.5. The lowest BCUT2D eigenvalue weighted by molar-refractivity contribution is 0.0594. The Morgan fingerprint density at radius 1 is 1.64 bits per heavy atom. The summed E-state index contributed by atoms with van der Waals surface area (Å²) in [6.07, 6.45) is 0. The Balaban J connectivity index is 3.47. The number of carbonyl (C=O) groups excluding carboxylic acids is 1. The number of anilines is 1. The summed E-state index contributed by atoms with van der Waals surface area (Å²) in [7, 11) is 1.16. The van der Waals surface area contributed by atoms with E-state index in [1.807, 2.05) is 0 Å². The molecule has 76 valence electrons. The average molecular weight is 218 g/mol. The van der Waals surface area contributed by atoms with E-state index in [-0.39, 0.29) is 16.3 Å². The second-order valence-corrected chi connectivity index (χ2v) is 3.16. The number of carbonyl (C=O) groups is 1. The Morgan fingerprint density at radius 2 is 2.21 bits per heavy atom. The zero-order valence-corrected chi connectivity index (χ0v) is 8.48. The zero-order chi connectivity index (χ0) is 10.9. The third-order valence-electron chi connectivity index (χ3n) is 1.91. The molecule has 0 aliphatic carbocycles. The van der Waals surface area contributed by atoms with Gasteiger partial charge in [0.05, 0.1) is 12.1 Å². The van der Waals surface area contributed by atoms with E-state index in [0.29, 0.717) is 5.56 Å². The van der Waals surface area contributed by atoms with Crippen LogP contribution < -0.4 is 5.73 Å². The maximum Gasteiger partial charge on any atom is 0.341 e. The van der Waals surface area contributed by atoms with Gasteiger partial charge in [-0.3, -0.25) is 0 Å². The lowest BCUT2D eigenvalue weighted by Crippen LogP contribution is -2.09. The number of hydrogen-bond acceptors (Lipinski definition) is 3. The normalized spacial score (nSPS) is 10.0. The lowest BCUT2D eigenvalue weighted by Gasteiger charge is -2.09. The molecule has 5 heteroatoms. The second kappa shape index (κ2) is 3.84. The fourth-order valence-electron chi connectivity index (χ4n) is 1.08. The zero-order valence-electron chi connectivity index (χ0n) is 7.73. The first-order valence-corrected chi connectivity index (χ1v) is 4.19. The Hall–Kier alpha value is -1.29. The van der Waals surface area contributed by atoms with Crippen molar-refractivity contribution in [3.63, 3.8) is 0 Å². The van der Waals surface area contributed by atoms with E-state index in [1.165, 1.54) is 13.0 Å². The molecule has 0 atom stereocenters. The minimum absolute atomic E-state index is 0.187. The molecule has 0 saturated heterocycles. The molecule has 1 aromatic carbocycles. The summed E-state index contributed by atoms with van der Waals surface area (Å²) in [5, 5.41) is -0.187. The smallest absolute Gasteiger partial charge is 0.341 e. The molecule has 0 spiro atoms. The highest BCUT2D eigenvalue weighted by Gasteiger charge is 2.20. The van der Waals surface area contributed by atoms with Gasteiger partial charge in [-0.15, -0.1) is 0 Å². The van der Waals surface area contributed by atoms with Crippen LogP contribution in [0.3, 0.4) is 0 Å². The number of esters is 1. The molecule has 0 aliphatic heterocycles. The predicted molar refractivity (Wildman–Crippen MR) is 51.9 cm³/mol. The molecule has 0 bridgehead atoms. The first-order chi connectivity index (χ1) is 6.49. The van der Waals surface area contributed by atoms with Crippen molar-refractivity contribution in [2.75, 3.05) is 12.8 Å². The summed E-state index contributed by atoms with van der Waals surface area (Å²) in [5.74, 6) is -1.58. The summed E-state index contributed by atoms with van der Waals surface area (Å²) < 4.78 is 17.8. The highest BCUT2D eigenvalue weighted by Crippen LogP contribution is 2.27. The second-order valence-electron chi connectivity index (χ2n) is 2.75. The molecule has 2 N–H and O–H groups in total. The first kappa shape index (κ1) is 10.8. The molecule has 1 rings (SSSR count). The van der Waals surface area contributed by atoms with Crippen molar-refractivity contribution in [2.45, 2.75) is 6.92 Å². The summed E-state index contributed by atoms with van der Waals surface area (Å²) in [6.45, 7) is 1.53. The van der Waals surface area contributed by atoms with Gasteiger partial charge in [-0.2, -0.15) is 0 Å². The lowest BCUT2D eigenvalue weighted by atomic mass is 10.1. The molecule has 0 unspecified atom stereocenters. The van der Waals surface area contributed by atoms with E-state index in [9.17, 15) is 9.18 Å². The minimum atomic E-state index is -0.801. The van der Waals surface area contributed by atoms with Crippen molar-refractivity contribution in [1.82, 2.24) is 0 Å². The van der Waals surface area contributed by atoms with Crippen LogP contribution in [0.2, 0.25) is 5.02 Å². The third kappa shape index (κ3) is 1.65. The van der Waals surface area contributed by atoms with Gasteiger partial charge in [0.15, 0.2) is 5.82 Å². The maximum atomic E-state index is 13.4. The number of halogens is 2. The SMILES string of the molecule is COC(=O)c1c(C)c(N)cc(Cl)c1F.